The first-order valence-electron chi connectivity index (χ1n) is 7.28. The van der Waals surface area contributed by atoms with Crippen molar-refractivity contribution in [3.63, 3.8) is 0 Å². The van der Waals surface area contributed by atoms with Crippen LogP contribution in [0.1, 0.15) is 18.0 Å². The minimum atomic E-state index is -0.364. The molecule has 6 nitrogen and oxygen atoms in total. The van der Waals surface area contributed by atoms with Crippen LogP contribution in [0.5, 0.6) is 0 Å². The summed E-state index contributed by atoms with van der Waals surface area (Å²) in [6.07, 6.45) is 1.85. The van der Waals surface area contributed by atoms with E-state index in [1.165, 1.54) is 0 Å². The molecule has 1 aromatic heterocycles. The molecule has 0 amide bonds. The van der Waals surface area contributed by atoms with Crippen LogP contribution in [0.2, 0.25) is 0 Å². The summed E-state index contributed by atoms with van der Waals surface area (Å²) in [4.78, 5) is 19.4. The lowest BCUT2D eigenvalue weighted by molar-refractivity contribution is -0.384. The van der Waals surface area contributed by atoms with Crippen molar-refractivity contribution in [2.24, 2.45) is 0 Å². The Balaban J connectivity index is 1.60. The third-order valence-corrected chi connectivity index (χ3v) is 5.04. The number of rotatable bonds is 4. The van der Waals surface area contributed by atoms with E-state index in [9.17, 15) is 10.1 Å². The summed E-state index contributed by atoms with van der Waals surface area (Å²) >= 11 is 1.70. The van der Waals surface area contributed by atoms with Crippen molar-refractivity contribution in [3.05, 3.63) is 51.0 Å². The van der Waals surface area contributed by atoms with Crippen LogP contribution in [-0.4, -0.2) is 41.0 Å². The number of benzene rings is 1. The molecule has 2 aromatic rings. The van der Waals surface area contributed by atoms with Gasteiger partial charge in [0.1, 0.15) is 5.01 Å². The lowest BCUT2D eigenvalue weighted by Gasteiger charge is -2.38. The van der Waals surface area contributed by atoms with Gasteiger partial charge in [0.25, 0.3) is 5.69 Å². The zero-order chi connectivity index (χ0) is 15.5. The molecule has 0 bridgehead atoms. The number of non-ortho nitro benzene ring substituents is 1. The molecule has 116 valence electrons. The van der Waals surface area contributed by atoms with Crippen LogP contribution in [0.4, 0.5) is 11.4 Å². The van der Waals surface area contributed by atoms with E-state index in [0.29, 0.717) is 6.04 Å². The fourth-order valence-corrected chi connectivity index (χ4v) is 3.48. The first-order valence-corrected chi connectivity index (χ1v) is 8.16. The monoisotopic (exact) mass is 318 g/mol. The van der Waals surface area contributed by atoms with Crippen LogP contribution in [0.15, 0.2) is 35.8 Å². The summed E-state index contributed by atoms with van der Waals surface area (Å²) in [5.74, 6) is 0. The molecule has 1 atom stereocenters. The quantitative estimate of drug-likeness (QED) is 0.640. The maximum absolute atomic E-state index is 10.7. The van der Waals surface area contributed by atoms with Crippen molar-refractivity contribution in [1.29, 1.82) is 0 Å². The molecule has 3 rings (SSSR count). The molecule has 1 saturated heterocycles. The molecule has 1 unspecified atom stereocenters. The smallest absolute Gasteiger partial charge is 0.269 e. The molecule has 1 aliphatic rings. The highest BCUT2D eigenvalue weighted by Crippen LogP contribution is 2.25. The predicted octanol–water partition coefficient (Wildman–Crippen LogP) is 2.93. The molecule has 22 heavy (non-hydrogen) atoms. The number of anilines is 1. The summed E-state index contributed by atoms with van der Waals surface area (Å²) in [6.45, 7) is 5.98. The van der Waals surface area contributed by atoms with Crippen LogP contribution in [0.3, 0.4) is 0 Å². The summed E-state index contributed by atoms with van der Waals surface area (Å²) in [6, 6.07) is 7.15. The highest BCUT2D eigenvalue weighted by molar-refractivity contribution is 7.09. The first kappa shape index (κ1) is 14.9. The van der Waals surface area contributed by atoms with Crippen LogP contribution in [0, 0.1) is 10.1 Å². The second-order valence-corrected chi connectivity index (χ2v) is 6.27. The molecule has 0 radical (unpaired) electrons. The van der Waals surface area contributed by atoms with Gasteiger partial charge >= 0.3 is 0 Å². The largest absolute Gasteiger partial charge is 0.369 e. The molecule has 2 heterocycles. The summed E-state index contributed by atoms with van der Waals surface area (Å²) < 4.78 is 0. The molecule has 1 aliphatic heterocycles. The highest BCUT2D eigenvalue weighted by Gasteiger charge is 2.23. The van der Waals surface area contributed by atoms with Gasteiger partial charge in [0, 0.05) is 55.6 Å². The first-order chi connectivity index (χ1) is 10.6. The van der Waals surface area contributed by atoms with Crippen LogP contribution in [-0.2, 0) is 0 Å². The number of nitrogens with zero attached hydrogens (tertiary/aromatic N) is 4. The SMILES string of the molecule is CC(c1nccs1)N1CCN(c2ccc([N+](=O)[O-])cc2)CC1. The van der Waals surface area contributed by atoms with Crippen molar-refractivity contribution < 1.29 is 4.92 Å². The Morgan fingerprint density at radius 3 is 2.45 bits per heavy atom. The van der Waals surface area contributed by atoms with Crippen molar-refractivity contribution in [1.82, 2.24) is 9.88 Å². The van der Waals surface area contributed by atoms with Gasteiger partial charge in [-0.25, -0.2) is 4.98 Å². The zero-order valence-corrected chi connectivity index (χ0v) is 13.2. The van der Waals surface area contributed by atoms with E-state index in [2.05, 4.69) is 21.7 Å². The maximum Gasteiger partial charge on any atom is 0.269 e. The van der Waals surface area contributed by atoms with E-state index in [1.54, 1.807) is 23.5 Å². The normalized spacial score (nSPS) is 17.4. The highest BCUT2D eigenvalue weighted by atomic mass is 32.1. The standard InChI is InChI=1S/C15H18N4O2S/c1-12(15-16-6-11-22-15)17-7-9-18(10-8-17)13-2-4-14(5-3-13)19(20)21/h2-6,11-12H,7-10H2,1H3. The Morgan fingerprint density at radius 1 is 1.23 bits per heavy atom. The molecule has 1 aromatic carbocycles. The van der Waals surface area contributed by atoms with Crippen LogP contribution in [0.25, 0.3) is 0 Å². The van der Waals surface area contributed by atoms with Gasteiger partial charge in [0.05, 0.1) is 11.0 Å². The predicted molar refractivity (Wildman–Crippen MR) is 87.4 cm³/mol. The average molecular weight is 318 g/mol. The van der Waals surface area contributed by atoms with E-state index >= 15 is 0 Å². The van der Waals surface area contributed by atoms with E-state index in [-0.39, 0.29) is 10.6 Å². The van der Waals surface area contributed by atoms with Crippen molar-refractivity contribution in [2.75, 3.05) is 31.1 Å². The number of nitro groups is 1. The molecular weight excluding hydrogens is 300 g/mol. The van der Waals surface area contributed by atoms with Gasteiger partial charge in [-0.05, 0) is 19.1 Å². The van der Waals surface area contributed by atoms with E-state index in [4.69, 9.17) is 0 Å². The number of aromatic nitrogens is 1. The Hall–Kier alpha value is -1.99. The third-order valence-electron chi connectivity index (χ3n) is 4.10. The molecule has 0 aliphatic carbocycles. The summed E-state index contributed by atoms with van der Waals surface area (Å²) in [7, 11) is 0. The Kier molecular flexibility index (Phi) is 4.35. The summed E-state index contributed by atoms with van der Waals surface area (Å²) in [5.41, 5.74) is 1.19. The molecule has 0 N–H and O–H groups in total. The van der Waals surface area contributed by atoms with Crippen LogP contribution < -0.4 is 4.90 Å². The topological polar surface area (TPSA) is 62.5 Å². The van der Waals surface area contributed by atoms with Crippen molar-refractivity contribution in [2.45, 2.75) is 13.0 Å². The molecule has 0 saturated carbocycles. The Labute approximate surface area is 133 Å². The molecule has 0 spiro atoms. The van der Waals surface area contributed by atoms with Gasteiger partial charge in [-0.2, -0.15) is 0 Å². The maximum atomic E-state index is 10.7. The fourth-order valence-electron chi connectivity index (χ4n) is 2.75. The minimum absolute atomic E-state index is 0.139. The number of piperazine rings is 1. The van der Waals surface area contributed by atoms with Gasteiger partial charge in [-0.15, -0.1) is 11.3 Å². The third kappa shape index (κ3) is 3.10. The van der Waals surface area contributed by atoms with Crippen molar-refractivity contribution in [3.8, 4) is 0 Å². The van der Waals surface area contributed by atoms with E-state index in [0.717, 1.165) is 36.9 Å². The van der Waals surface area contributed by atoms with Gasteiger partial charge in [0.15, 0.2) is 0 Å². The van der Waals surface area contributed by atoms with Gasteiger partial charge in [0.2, 0.25) is 0 Å². The van der Waals surface area contributed by atoms with Crippen LogP contribution >= 0.6 is 11.3 Å². The van der Waals surface area contributed by atoms with E-state index < -0.39 is 0 Å². The zero-order valence-electron chi connectivity index (χ0n) is 12.4. The molecule has 1 fully saturated rings. The lowest BCUT2D eigenvalue weighted by Crippen LogP contribution is -2.47. The Bertz CT molecular complexity index is 622. The van der Waals surface area contributed by atoms with Gasteiger partial charge in [-0.1, -0.05) is 0 Å². The average Bonchev–Trinajstić information content (AvgIpc) is 3.09. The number of nitro benzene ring substituents is 1. The summed E-state index contributed by atoms with van der Waals surface area (Å²) in [5, 5.41) is 13.9. The van der Waals surface area contributed by atoms with Gasteiger partial charge < -0.3 is 4.90 Å². The number of thiazole rings is 1. The lowest BCUT2D eigenvalue weighted by atomic mass is 10.2. The molecular formula is C15H18N4O2S. The second kappa shape index (κ2) is 6.41. The van der Waals surface area contributed by atoms with Gasteiger partial charge in [-0.3, -0.25) is 15.0 Å². The van der Waals surface area contributed by atoms with E-state index in [1.807, 2.05) is 23.7 Å². The molecule has 7 heteroatoms. The minimum Gasteiger partial charge on any atom is -0.369 e. The number of hydrogen-bond acceptors (Lipinski definition) is 6. The van der Waals surface area contributed by atoms with Crippen molar-refractivity contribution >= 4 is 22.7 Å². The Morgan fingerprint density at radius 2 is 1.91 bits per heavy atom. The fraction of sp³-hybridized carbons (Fsp3) is 0.400. The number of hydrogen-bond donors (Lipinski definition) is 0. The second-order valence-electron chi connectivity index (χ2n) is 5.34.